The second-order valence-corrected chi connectivity index (χ2v) is 1.99. The van der Waals surface area contributed by atoms with Gasteiger partial charge in [0.1, 0.15) is 6.67 Å². The monoisotopic (exact) mass is 116 g/mol. The van der Waals surface area contributed by atoms with E-state index in [0.717, 1.165) is 0 Å². The smallest absolute Gasteiger partial charge is 0.130 e. The molecule has 1 rings (SSSR count). The van der Waals surface area contributed by atoms with Crippen LogP contribution in [-0.2, 0) is 0 Å². The van der Waals surface area contributed by atoms with Crippen molar-refractivity contribution in [1.29, 1.82) is 0 Å². The van der Waals surface area contributed by atoms with Crippen LogP contribution < -0.4 is 5.43 Å². The number of hydrogen-bond acceptors (Lipinski definition) is 4. The summed E-state index contributed by atoms with van der Waals surface area (Å²) >= 11 is 0. The van der Waals surface area contributed by atoms with Gasteiger partial charge in [-0.3, -0.25) is 0 Å². The first-order valence-corrected chi connectivity index (χ1v) is 2.71. The fraction of sp³-hybridized carbons (Fsp3) is 1.00. The largest absolute Gasteiger partial charge is 0.207 e. The summed E-state index contributed by atoms with van der Waals surface area (Å²) in [5, 5.41) is 9.24. The lowest BCUT2D eigenvalue weighted by atomic mass is 10.4. The molecule has 0 aromatic carbocycles. The van der Waals surface area contributed by atoms with Crippen molar-refractivity contribution >= 4 is 0 Å². The van der Waals surface area contributed by atoms with Crippen LogP contribution >= 0.6 is 0 Å². The molecule has 1 aliphatic rings. The van der Waals surface area contributed by atoms with Crippen molar-refractivity contribution in [2.45, 2.75) is 19.9 Å². The van der Waals surface area contributed by atoms with Crippen molar-refractivity contribution in [2.24, 2.45) is 10.3 Å². The Morgan fingerprint density at radius 3 is 2.75 bits per heavy atom. The molecule has 0 saturated carbocycles. The van der Waals surface area contributed by atoms with Crippen molar-refractivity contribution in [2.75, 3.05) is 6.67 Å². The third kappa shape index (κ3) is 0.949. The molecule has 8 heavy (non-hydrogen) atoms. The Hall–Kier alpha value is -0.640. The Kier molecular flexibility index (Phi) is 1.43. The fourth-order valence-corrected chi connectivity index (χ4v) is 0.521. The van der Waals surface area contributed by atoms with E-state index in [2.05, 4.69) is 29.6 Å². The molecule has 1 heterocycles. The molecule has 48 valence electrons. The van der Waals surface area contributed by atoms with Gasteiger partial charge in [-0.1, -0.05) is 5.22 Å². The highest BCUT2D eigenvalue weighted by Gasteiger charge is 2.08. The fourth-order valence-electron chi connectivity index (χ4n) is 0.521. The lowest BCUT2D eigenvalue weighted by molar-refractivity contribution is 0.179. The van der Waals surface area contributed by atoms with Crippen LogP contribution in [0.4, 0.5) is 0 Å². The Bertz CT molecular complexity index is 103. The van der Waals surface area contributed by atoms with Crippen LogP contribution in [0.5, 0.6) is 0 Å². The SMILES string of the molecule is CC(C)N1N=NCN1.[HH]. The average Bonchev–Trinajstić information content (AvgIpc) is 2.12. The zero-order valence-corrected chi connectivity index (χ0v) is 5.13. The molecule has 0 atom stereocenters. The molecule has 0 aliphatic carbocycles. The molecule has 0 unspecified atom stereocenters. The van der Waals surface area contributed by atoms with Crippen LogP contribution in [0.2, 0.25) is 0 Å². The van der Waals surface area contributed by atoms with Crippen LogP contribution in [0.15, 0.2) is 10.3 Å². The summed E-state index contributed by atoms with van der Waals surface area (Å²) in [4.78, 5) is 0. The topological polar surface area (TPSA) is 40.0 Å². The van der Waals surface area contributed by atoms with Gasteiger partial charge >= 0.3 is 0 Å². The number of nitrogens with zero attached hydrogens (tertiary/aromatic N) is 3. The van der Waals surface area contributed by atoms with Crippen LogP contribution in [0.25, 0.3) is 0 Å². The molecule has 0 amide bonds. The predicted octanol–water partition coefficient (Wildman–Crippen LogP) is 0.786. The van der Waals surface area contributed by atoms with E-state index in [9.17, 15) is 0 Å². The summed E-state index contributed by atoms with van der Waals surface area (Å²) < 4.78 is 0. The Morgan fingerprint density at radius 1 is 1.75 bits per heavy atom. The second kappa shape index (κ2) is 2.09. The van der Waals surface area contributed by atoms with E-state index in [1.54, 1.807) is 5.12 Å². The van der Waals surface area contributed by atoms with E-state index in [4.69, 9.17) is 0 Å². The molecule has 1 N–H and O–H groups in total. The second-order valence-electron chi connectivity index (χ2n) is 1.99. The highest BCUT2D eigenvalue weighted by Crippen LogP contribution is 1.98. The van der Waals surface area contributed by atoms with Gasteiger partial charge in [0, 0.05) is 1.43 Å². The molecule has 0 aromatic heterocycles. The molecule has 0 bridgehead atoms. The highest BCUT2D eigenvalue weighted by atomic mass is 15.8. The average molecular weight is 116 g/mol. The summed E-state index contributed by atoms with van der Waals surface area (Å²) in [6.07, 6.45) is 0. The first kappa shape index (κ1) is 5.50. The van der Waals surface area contributed by atoms with Crippen molar-refractivity contribution in [1.82, 2.24) is 10.5 Å². The predicted molar refractivity (Wildman–Crippen MR) is 31.9 cm³/mol. The Morgan fingerprint density at radius 2 is 2.50 bits per heavy atom. The van der Waals surface area contributed by atoms with Gasteiger partial charge in [-0.05, 0) is 13.8 Å². The zero-order valence-electron chi connectivity index (χ0n) is 5.13. The molecular formula is C4H12N4. The molecular weight excluding hydrogens is 104 g/mol. The van der Waals surface area contributed by atoms with Gasteiger partial charge in [-0.2, -0.15) is 10.5 Å². The number of hydrogen-bond donors (Lipinski definition) is 1. The maximum absolute atomic E-state index is 3.78. The van der Waals surface area contributed by atoms with Crippen molar-refractivity contribution in [3.63, 3.8) is 0 Å². The van der Waals surface area contributed by atoms with E-state index >= 15 is 0 Å². The van der Waals surface area contributed by atoms with Gasteiger partial charge in [-0.25, -0.2) is 5.12 Å². The molecule has 1 aliphatic heterocycles. The number of nitrogens with one attached hydrogen (secondary N) is 1. The molecule has 4 nitrogen and oxygen atoms in total. The van der Waals surface area contributed by atoms with Gasteiger partial charge < -0.3 is 0 Å². The molecule has 0 aromatic rings. The number of hydrazine groups is 1. The first-order chi connectivity index (χ1) is 3.80. The van der Waals surface area contributed by atoms with E-state index in [0.29, 0.717) is 12.7 Å². The molecule has 0 radical (unpaired) electrons. The molecule has 0 fully saturated rings. The first-order valence-electron chi connectivity index (χ1n) is 2.71. The lowest BCUT2D eigenvalue weighted by Gasteiger charge is -2.14. The highest BCUT2D eigenvalue weighted by molar-refractivity contribution is 4.52. The maximum Gasteiger partial charge on any atom is 0.130 e. The van der Waals surface area contributed by atoms with Gasteiger partial charge in [0.05, 0.1) is 6.04 Å². The Balaban J connectivity index is 0.000000640. The van der Waals surface area contributed by atoms with Crippen LogP contribution in [-0.4, -0.2) is 17.8 Å². The summed E-state index contributed by atoms with van der Waals surface area (Å²) in [6.45, 7) is 4.73. The summed E-state index contributed by atoms with van der Waals surface area (Å²) in [6, 6.07) is 0.404. The summed E-state index contributed by atoms with van der Waals surface area (Å²) in [7, 11) is 0. The van der Waals surface area contributed by atoms with E-state index in [-0.39, 0.29) is 1.43 Å². The van der Waals surface area contributed by atoms with Gasteiger partial charge in [0.25, 0.3) is 0 Å². The van der Waals surface area contributed by atoms with Crippen molar-refractivity contribution < 1.29 is 1.43 Å². The van der Waals surface area contributed by atoms with Crippen LogP contribution in [0.1, 0.15) is 15.3 Å². The van der Waals surface area contributed by atoms with Crippen LogP contribution in [0, 0.1) is 0 Å². The Labute approximate surface area is 50.0 Å². The van der Waals surface area contributed by atoms with Gasteiger partial charge in [0.15, 0.2) is 0 Å². The minimum atomic E-state index is 0. The summed E-state index contributed by atoms with van der Waals surface area (Å²) in [5.74, 6) is 0. The van der Waals surface area contributed by atoms with E-state index < -0.39 is 0 Å². The van der Waals surface area contributed by atoms with Crippen molar-refractivity contribution in [3.8, 4) is 0 Å². The normalized spacial score (nSPS) is 18.6. The molecule has 0 saturated heterocycles. The summed E-state index contributed by atoms with van der Waals surface area (Å²) in [5.41, 5.74) is 2.96. The third-order valence-electron chi connectivity index (χ3n) is 0.952. The van der Waals surface area contributed by atoms with Crippen LogP contribution in [0.3, 0.4) is 0 Å². The zero-order chi connectivity index (χ0) is 5.98. The van der Waals surface area contributed by atoms with Crippen molar-refractivity contribution in [3.05, 3.63) is 0 Å². The minimum absolute atomic E-state index is 0. The van der Waals surface area contributed by atoms with Gasteiger partial charge in [0.2, 0.25) is 0 Å². The maximum atomic E-state index is 3.78. The third-order valence-corrected chi connectivity index (χ3v) is 0.952. The quantitative estimate of drug-likeness (QED) is 0.550. The van der Waals surface area contributed by atoms with E-state index in [1.165, 1.54) is 0 Å². The van der Waals surface area contributed by atoms with E-state index in [1.807, 2.05) is 0 Å². The number of rotatable bonds is 1. The molecule has 4 heteroatoms. The standard InChI is InChI=1S/C4H10N4.H2/c1-4(2)8-6-3-5-7-8;/h4,6H,3H2,1-2H3;1H. The minimum Gasteiger partial charge on any atom is -0.207 e. The van der Waals surface area contributed by atoms with Gasteiger partial charge in [-0.15, -0.1) is 0 Å². The molecule has 0 spiro atoms. The lowest BCUT2D eigenvalue weighted by Crippen LogP contribution is -2.34.